The summed E-state index contributed by atoms with van der Waals surface area (Å²) in [6.07, 6.45) is 0. The summed E-state index contributed by atoms with van der Waals surface area (Å²) in [5.41, 5.74) is 9.89. The van der Waals surface area contributed by atoms with Gasteiger partial charge in [0.15, 0.2) is 0 Å². The highest BCUT2D eigenvalue weighted by atomic mass is 31.2. The molecule has 2 aliphatic rings. The van der Waals surface area contributed by atoms with Gasteiger partial charge in [-0.05, 0) is 89.0 Å². The molecule has 1 aromatic heterocycles. The maximum absolute atomic E-state index is 12.6. The smallest absolute Gasteiger partial charge is 0.238 e. The minimum atomic E-state index is -2.85. The summed E-state index contributed by atoms with van der Waals surface area (Å²) in [4.78, 5) is 12.6. The van der Waals surface area contributed by atoms with Gasteiger partial charge in [-0.15, -0.1) is 0 Å². The van der Waals surface area contributed by atoms with Gasteiger partial charge < -0.3 is 9.30 Å². The highest BCUT2D eigenvalue weighted by Gasteiger charge is 2.50. The molecule has 1 N–H and O–H groups in total. The lowest BCUT2D eigenvalue weighted by molar-refractivity contribution is 0.434. The Kier molecular flexibility index (Phi) is 6.52. The lowest BCUT2D eigenvalue weighted by Crippen LogP contribution is -2.37. The van der Waals surface area contributed by atoms with Crippen LogP contribution >= 0.6 is 7.49 Å². The van der Waals surface area contributed by atoms with Crippen molar-refractivity contribution in [2.45, 2.75) is 5.41 Å². The van der Waals surface area contributed by atoms with Crippen molar-refractivity contribution in [1.29, 1.82) is 0 Å². The summed E-state index contributed by atoms with van der Waals surface area (Å²) in [6.45, 7) is 0. The molecule has 0 saturated carbocycles. The van der Waals surface area contributed by atoms with Crippen molar-refractivity contribution in [1.82, 2.24) is 4.57 Å². The molecule has 1 atom stereocenters. The Morgan fingerprint density at radius 1 is 0.434 bits per heavy atom. The minimum Gasteiger partial charge on any atom is -0.457 e. The Labute approximate surface area is 308 Å². The maximum Gasteiger partial charge on any atom is 0.238 e. The van der Waals surface area contributed by atoms with E-state index >= 15 is 0 Å². The van der Waals surface area contributed by atoms with E-state index in [4.69, 9.17) is 4.74 Å². The highest BCUT2D eigenvalue weighted by Crippen LogP contribution is 2.60. The van der Waals surface area contributed by atoms with Gasteiger partial charge in [-0.3, -0.25) is 0 Å². The molecule has 0 amide bonds. The van der Waals surface area contributed by atoms with E-state index in [0.717, 1.165) is 49.7 Å². The van der Waals surface area contributed by atoms with Gasteiger partial charge in [0, 0.05) is 21.9 Å². The molecular weight excluding hydrogens is 666 g/mol. The molecule has 4 heteroatoms. The van der Waals surface area contributed by atoms with Gasteiger partial charge in [-0.2, -0.15) is 0 Å². The first-order chi connectivity index (χ1) is 26.2. The predicted octanol–water partition coefficient (Wildman–Crippen LogP) is 10.5. The van der Waals surface area contributed by atoms with E-state index in [9.17, 15) is 4.89 Å². The maximum atomic E-state index is 12.6. The van der Waals surface area contributed by atoms with Crippen LogP contribution in [0.3, 0.4) is 0 Å². The largest absolute Gasteiger partial charge is 0.457 e. The van der Waals surface area contributed by atoms with E-state index in [1.807, 2.05) is 60.7 Å². The molecule has 0 saturated heterocycles. The molecule has 0 bridgehead atoms. The number of ether oxygens (including phenoxy) is 1. The Hall–Kier alpha value is -6.25. The van der Waals surface area contributed by atoms with Crippen molar-refractivity contribution in [2.75, 3.05) is 0 Å². The number of para-hydroxylation sites is 4. The molecule has 1 spiro atoms. The van der Waals surface area contributed by atoms with Crippen LogP contribution in [-0.4, -0.2) is 9.46 Å². The van der Waals surface area contributed by atoms with Crippen LogP contribution in [0.15, 0.2) is 194 Å². The van der Waals surface area contributed by atoms with Gasteiger partial charge in [0.25, 0.3) is 0 Å². The zero-order valence-electron chi connectivity index (χ0n) is 28.7. The quantitative estimate of drug-likeness (QED) is 0.186. The zero-order valence-corrected chi connectivity index (χ0v) is 29.6. The number of aromatic nitrogens is 1. The fourth-order valence-corrected chi connectivity index (χ4v) is 11.8. The van der Waals surface area contributed by atoms with E-state index in [2.05, 4.69) is 138 Å². The number of nitrogens with zero attached hydrogens (tertiary/aromatic N) is 1. The second kappa shape index (κ2) is 11.4. The van der Waals surface area contributed by atoms with Gasteiger partial charge in [-0.25, -0.2) is 4.89 Å². The second-order valence-electron chi connectivity index (χ2n) is 14.0. The third-order valence-electron chi connectivity index (χ3n) is 11.4. The molecule has 0 radical (unpaired) electrons. The number of benzene rings is 8. The Bertz CT molecular complexity index is 2840. The van der Waals surface area contributed by atoms with Crippen molar-refractivity contribution in [3.63, 3.8) is 0 Å². The highest BCUT2D eigenvalue weighted by molar-refractivity contribution is 7.91. The lowest BCUT2D eigenvalue weighted by Gasteiger charge is -2.45. The molecule has 11 rings (SSSR count). The summed E-state index contributed by atoms with van der Waals surface area (Å²) in [5, 5.41) is 5.29. The number of rotatable bonds is 4. The summed E-state index contributed by atoms with van der Waals surface area (Å²) in [5.74, 6) is 1.73. The first-order valence-electron chi connectivity index (χ1n) is 18.1. The van der Waals surface area contributed by atoms with E-state index in [1.165, 1.54) is 38.6 Å². The average Bonchev–Trinajstić information content (AvgIpc) is 3.58. The van der Waals surface area contributed by atoms with Crippen LogP contribution in [0.1, 0.15) is 22.3 Å². The molecule has 0 aliphatic carbocycles. The van der Waals surface area contributed by atoms with Gasteiger partial charge in [0.05, 0.1) is 22.1 Å². The van der Waals surface area contributed by atoms with Crippen LogP contribution in [-0.2, 0) is 5.41 Å². The molecule has 3 nitrogen and oxygen atoms in total. The second-order valence-corrected chi connectivity index (χ2v) is 16.8. The molecule has 1 unspecified atom stereocenters. The van der Waals surface area contributed by atoms with Crippen molar-refractivity contribution in [3.05, 3.63) is 216 Å². The van der Waals surface area contributed by atoms with Crippen LogP contribution in [0.25, 0.3) is 38.6 Å². The van der Waals surface area contributed by atoms with E-state index in [0.29, 0.717) is 0 Å². The number of hydrogen-bond acceptors (Lipinski definition) is 2. The van der Waals surface area contributed by atoms with Crippen molar-refractivity contribution < 1.29 is 9.63 Å². The first-order valence-corrected chi connectivity index (χ1v) is 19.8. The molecule has 8 aromatic carbocycles. The molecular formula is C49H33NO2P+. The van der Waals surface area contributed by atoms with Gasteiger partial charge in [-0.1, -0.05) is 127 Å². The lowest BCUT2D eigenvalue weighted by atomic mass is 9.61. The Morgan fingerprint density at radius 3 is 1.77 bits per heavy atom. The average molecular weight is 699 g/mol. The molecule has 9 aromatic rings. The van der Waals surface area contributed by atoms with Gasteiger partial charge in [0.2, 0.25) is 7.49 Å². The Balaban J connectivity index is 1.15. The first kappa shape index (κ1) is 30.4. The van der Waals surface area contributed by atoms with Crippen molar-refractivity contribution in [3.8, 4) is 28.3 Å². The summed E-state index contributed by atoms with van der Waals surface area (Å²) in [6, 6.07) is 68.3. The zero-order chi connectivity index (χ0) is 35.1. The van der Waals surface area contributed by atoms with E-state index in [-0.39, 0.29) is 0 Å². The normalized spacial score (nSPS) is 15.5. The van der Waals surface area contributed by atoms with Crippen LogP contribution in [0.4, 0.5) is 0 Å². The number of fused-ring (bicyclic) bond motifs is 11. The molecule has 250 valence electrons. The van der Waals surface area contributed by atoms with Gasteiger partial charge >= 0.3 is 0 Å². The van der Waals surface area contributed by atoms with Crippen LogP contribution in [0.2, 0.25) is 0 Å². The van der Waals surface area contributed by atoms with E-state index in [1.54, 1.807) is 0 Å². The predicted molar refractivity (Wildman–Crippen MR) is 219 cm³/mol. The summed E-state index contributed by atoms with van der Waals surface area (Å²) >= 11 is 0. The monoisotopic (exact) mass is 698 g/mol. The SMILES string of the molecule is O[P+](c1ccccc1)(c1ccccc1)c1ccc(-c2ccc3c(c2)C2(c4ccccc4O3)c3ccccc3-n3c4ccccc4c4cccc2c43)cc1. The standard InChI is InChI=1S/C49H33NO2P/c51-53(35-14-3-1-4-15-35,36-16-5-2-6-17-36)37-29-26-33(27-30-37)34-28-31-47-43(32-34)49(41-21-9-12-25-46(41)52-47)40-20-8-11-24-45(40)50-44-23-10-7-18-38(44)39-19-13-22-42(49)48(39)50/h1-32,51H/q+1. The molecule has 53 heavy (non-hydrogen) atoms. The molecule has 2 aliphatic heterocycles. The fourth-order valence-electron chi connectivity index (χ4n) is 9.11. The fraction of sp³-hybridized carbons (Fsp3) is 0.0204. The van der Waals surface area contributed by atoms with Crippen LogP contribution < -0.4 is 20.7 Å². The summed E-state index contributed by atoms with van der Waals surface area (Å²) < 4.78 is 9.24. The van der Waals surface area contributed by atoms with Crippen molar-refractivity contribution in [2.24, 2.45) is 0 Å². The third kappa shape index (κ3) is 4.12. The molecule has 0 fully saturated rings. The topological polar surface area (TPSA) is 34.4 Å². The third-order valence-corrected chi connectivity index (χ3v) is 14.5. The van der Waals surface area contributed by atoms with Crippen LogP contribution in [0, 0.1) is 0 Å². The number of hydrogen-bond donors (Lipinski definition) is 1. The Morgan fingerprint density at radius 2 is 1.00 bits per heavy atom. The molecule has 3 heterocycles. The summed E-state index contributed by atoms with van der Waals surface area (Å²) in [7, 11) is -2.85. The van der Waals surface area contributed by atoms with E-state index < -0.39 is 12.9 Å². The van der Waals surface area contributed by atoms with Crippen molar-refractivity contribution >= 4 is 45.2 Å². The van der Waals surface area contributed by atoms with Gasteiger partial charge in [0.1, 0.15) is 27.4 Å². The minimum absolute atomic E-state index is 0.632. The van der Waals surface area contributed by atoms with Crippen LogP contribution in [0.5, 0.6) is 11.5 Å².